The van der Waals surface area contributed by atoms with Crippen LogP contribution in [-0.4, -0.2) is 66.9 Å². The number of hydrogen-bond acceptors (Lipinski definition) is 2. The fourth-order valence-electron chi connectivity index (χ4n) is 2.14. The van der Waals surface area contributed by atoms with Crippen LogP contribution in [0.5, 0.6) is 0 Å². The second kappa shape index (κ2) is 6.07. The van der Waals surface area contributed by atoms with Crippen LogP contribution in [0.25, 0.3) is 0 Å². The molecule has 18 heavy (non-hydrogen) atoms. The van der Waals surface area contributed by atoms with Crippen molar-refractivity contribution >= 4 is 11.9 Å². The minimum absolute atomic E-state index is 0.0408. The molecule has 1 fully saturated rings. The maximum absolute atomic E-state index is 11.8. The summed E-state index contributed by atoms with van der Waals surface area (Å²) in [5, 5.41) is 0. The zero-order valence-corrected chi connectivity index (χ0v) is 12.1. The highest BCUT2D eigenvalue weighted by Crippen LogP contribution is 2.18. The maximum atomic E-state index is 11.8. The zero-order chi connectivity index (χ0) is 13.9. The van der Waals surface area contributed by atoms with E-state index in [0.717, 1.165) is 26.2 Å². The van der Waals surface area contributed by atoms with Gasteiger partial charge in [-0.05, 0) is 6.92 Å². The molecule has 0 aromatic rings. The molecule has 3 amide bonds. The van der Waals surface area contributed by atoms with Gasteiger partial charge >= 0.3 is 6.03 Å². The Kier molecular flexibility index (Phi) is 4.99. The van der Waals surface area contributed by atoms with E-state index in [1.807, 2.05) is 39.8 Å². The molecule has 0 aromatic carbocycles. The molecule has 1 heterocycles. The highest BCUT2D eigenvalue weighted by atomic mass is 16.2. The first kappa shape index (κ1) is 14.8. The summed E-state index contributed by atoms with van der Waals surface area (Å²) in [6.07, 6.45) is 0. The van der Waals surface area contributed by atoms with E-state index in [4.69, 9.17) is 0 Å². The first-order valence-corrected chi connectivity index (χ1v) is 6.61. The SMILES string of the molecule is CCN(C)C(=O)N1CC(CN(C)C(=O)C(C)C)C1. The maximum Gasteiger partial charge on any atom is 0.319 e. The molecule has 0 unspecified atom stereocenters. The fraction of sp³-hybridized carbons (Fsp3) is 0.846. The van der Waals surface area contributed by atoms with Crippen LogP contribution in [0.2, 0.25) is 0 Å². The number of amides is 3. The number of nitrogens with zero attached hydrogens (tertiary/aromatic N) is 3. The third-order valence-electron chi connectivity index (χ3n) is 3.43. The van der Waals surface area contributed by atoms with Crippen molar-refractivity contribution in [3.63, 3.8) is 0 Å². The zero-order valence-electron chi connectivity index (χ0n) is 12.1. The van der Waals surface area contributed by atoms with Crippen molar-refractivity contribution in [2.75, 3.05) is 40.3 Å². The van der Waals surface area contributed by atoms with E-state index in [0.29, 0.717) is 5.92 Å². The van der Waals surface area contributed by atoms with Crippen LogP contribution in [0.4, 0.5) is 4.79 Å². The van der Waals surface area contributed by atoms with Crippen molar-refractivity contribution in [2.45, 2.75) is 20.8 Å². The van der Waals surface area contributed by atoms with Crippen LogP contribution in [0.1, 0.15) is 20.8 Å². The summed E-state index contributed by atoms with van der Waals surface area (Å²) in [5.74, 6) is 0.636. The van der Waals surface area contributed by atoms with Gasteiger partial charge in [-0.2, -0.15) is 0 Å². The Morgan fingerprint density at radius 3 is 2.22 bits per heavy atom. The molecule has 104 valence electrons. The van der Waals surface area contributed by atoms with Gasteiger partial charge in [0, 0.05) is 52.1 Å². The van der Waals surface area contributed by atoms with Gasteiger partial charge in [0.15, 0.2) is 0 Å². The van der Waals surface area contributed by atoms with Gasteiger partial charge in [0.25, 0.3) is 0 Å². The molecule has 0 aromatic heterocycles. The molecule has 1 aliphatic rings. The van der Waals surface area contributed by atoms with E-state index in [-0.39, 0.29) is 17.9 Å². The van der Waals surface area contributed by atoms with Crippen molar-refractivity contribution in [3.05, 3.63) is 0 Å². The third kappa shape index (κ3) is 3.37. The Balaban J connectivity index is 2.31. The van der Waals surface area contributed by atoms with Gasteiger partial charge in [0.1, 0.15) is 0 Å². The summed E-state index contributed by atoms with van der Waals surface area (Å²) in [4.78, 5) is 28.8. The lowest BCUT2D eigenvalue weighted by Crippen LogP contribution is -2.57. The normalized spacial score (nSPS) is 15.6. The highest BCUT2D eigenvalue weighted by molar-refractivity contribution is 5.78. The summed E-state index contributed by atoms with van der Waals surface area (Å²) in [6, 6.07) is 0.0894. The Morgan fingerprint density at radius 2 is 1.78 bits per heavy atom. The van der Waals surface area contributed by atoms with Gasteiger partial charge in [0.05, 0.1) is 0 Å². The van der Waals surface area contributed by atoms with Gasteiger partial charge in [-0.15, -0.1) is 0 Å². The molecule has 5 nitrogen and oxygen atoms in total. The molecule has 0 radical (unpaired) electrons. The van der Waals surface area contributed by atoms with Gasteiger partial charge < -0.3 is 14.7 Å². The number of hydrogen-bond donors (Lipinski definition) is 0. The van der Waals surface area contributed by atoms with Crippen molar-refractivity contribution < 1.29 is 9.59 Å². The van der Waals surface area contributed by atoms with Crippen LogP contribution in [0.15, 0.2) is 0 Å². The number of carbonyl (C=O) groups excluding carboxylic acids is 2. The van der Waals surface area contributed by atoms with E-state index in [1.54, 1.807) is 9.80 Å². The lowest BCUT2D eigenvalue weighted by molar-refractivity contribution is -0.134. The Morgan fingerprint density at radius 1 is 1.22 bits per heavy atom. The Hall–Kier alpha value is -1.26. The molecular weight excluding hydrogens is 230 g/mol. The second-order valence-corrected chi connectivity index (χ2v) is 5.44. The van der Waals surface area contributed by atoms with Crippen LogP contribution >= 0.6 is 0 Å². The van der Waals surface area contributed by atoms with Crippen LogP contribution in [-0.2, 0) is 4.79 Å². The van der Waals surface area contributed by atoms with Crippen molar-refractivity contribution in [2.24, 2.45) is 11.8 Å². The number of likely N-dealkylation sites (tertiary alicyclic amines) is 1. The molecule has 0 spiro atoms. The first-order valence-electron chi connectivity index (χ1n) is 6.61. The molecule has 0 atom stereocenters. The van der Waals surface area contributed by atoms with Gasteiger partial charge in [0.2, 0.25) is 5.91 Å². The molecule has 5 heteroatoms. The number of rotatable bonds is 4. The van der Waals surface area contributed by atoms with Gasteiger partial charge in [-0.3, -0.25) is 4.79 Å². The molecule has 1 rings (SSSR count). The lowest BCUT2D eigenvalue weighted by atomic mass is 9.99. The molecule has 0 N–H and O–H groups in total. The first-order chi connectivity index (χ1) is 8.36. The quantitative estimate of drug-likeness (QED) is 0.755. The Labute approximate surface area is 110 Å². The molecule has 0 bridgehead atoms. The van der Waals surface area contributed by atoms with E-state index in [2.05, 4.69) is 0 Å². The van der Waals surface area contributed by atoms with Crippen LogP contribution in [0.3, 0.4) is 0 Å². The summed E-state index contributed by atoms with van der Waals surface area (Å²) in [7, 11) is 3.65. The fourth-order valence-corrected chi connectivity index (χ4v) is 2.14. The van der Waals surface area contributed by atoms with Crippen molar-refractivity contribution in [3.8, 4) is 0 Å². The average molecular weight is 255 g/mol. The van der Waals surface area contributed by atoms with E-state index >= 15 is 0 Å². The van der Waals surface area contributed by atoms with Gasteiger partial charge in [-0.1, -0.05) is 13.8 Å². The predicted octanol–water partition coefficient (Wildman–Crippen LogP) is 1.10. The highest BCUT2D eigenvalue weighted by Gasteiger charge is 2.33. The van der Waals surface area contributed by atoms with Crippen LogP contribution < -0.4 is 0 Å². The monoisotopic (exact) mass is 255 g/mol. The van der Waals surface area contributed by atoms with Gasteiger partial charge in [-0.25, -0.2) is 4.79 Å². The third-order valence-corrected chi connectivity index (χ3v) is 3.43. The van der Waals surface area contributed by atoms with E-state index < -0.39 is 0 Å². The number of urea groups is 1. The average Bonchev–Trinajstić information content (AvgIpc) is 2.29. The largest absolute Gasteiger partial charge is 0.345 e. The second-order valence-electron chi connectivity index (χ2n) is 5.44. The topological polar surface area (TPSA) is 43.9 Å². The number of carbonyl (C=O) groups is 2. The van der Waals surface area contributed by atoms with E-state index in [9.17, 15) is 9.59 Å². The molecule has 1 saturated heterocycles. The van der Waals surface area contributed by atoms with Crippen LogP contribution in [0, 0.1) is 11.8 Å². The van der Waals surface area contributed by atoms with E-state index in [1.165, 1.54) is 0 Å². The minimum atomic E-state index is 0.0408. The summed E-state index contributed by atoms with van der Waals surface area (Å²) >= 11 is 0. The Bertz CT molecular complexity index is 311. The molecule has 0 saturated carbocycles. The standard InChI is InChI=1S/C13H25N3O2/c1-6-14(4)13(18)16-8-11(9-16)7-15(5)12(17)10(2)3/h10-11H,6-9H2,1-5H3. The summed E-state index contributed by atoms with van der Waals surface area (Å²) in [6.45, 7) is 8.78. The molecule has 0 aliphatic carbocycles. The molecule has 1 aliphatic heterocycles. The lowest BCUT2D eigenvalue weighted by Gasteiger charge is -2.42. The molecular formula is C13H25N3O2. The van der Waals surface area contributed by atoms with Crippen molar-refractivity contribution in [1.29, 1.82) is 0 Å². The minimum Gasteiger partial charge on any atom is -0.345 e. The van der Waals surface area contributed by atoms with Crippen molar-refractivity contribution in [1.82, 2.24) is 14.7 Å². The summed E-state index contributed by atoms with van der Waals surface area (Å²) < 4.78 is 0. The summed E-state index contributed by atoms with van der Waals surface area (Å²) in [5.41, 5.74) is 0. The predicted molar refractivity (Wildman–Crippen MR) is 71.2 cm³/mol. The smallest absolute Gasteiger partial charge is 0.319 e.